The lowest BCUT2D eigenvalue weighted by atomic mass is 10.1. The second kappa shape index (κ2) is 7.64. The molecule has 2 saturated heterocycles. The second-order valence-electron chi connectivity index (χ2n) is 6.11. The molecule has 0 bridgehead atoms. The van der Waals surface area contributed by atoms with E-state index in [-0.39, 0.29) is 6.03 Å². The first-order valence-corrected chi connectivity index (χ1v) is 8.14. The zero-order valence-corrected chi connectivity index (χ0v) is 12.9. The molecule has 2 N–H and O–H groups in total. The summed E-state index contributed by atoms with van der Waals surface area (Å²) < 4.78 is 0. The van der Waals surface area contributed by atoms with Crippen LogP contribution in [0, 0.1) is 0 Å². The molecule has 2 atom stereocenters. The van der Waals surface area contributed by atoms with Crippen LogP contribution in [-0.4, -0.2) is 65.2 Å². The number of carbonyl (C=O) groups is 2. The summed E-state index contributed by atoms with van der Waals surface area (Å²) >= 11 is 0. The van der Waals surface area contributed by atoms with Crippen LogP contribution < -0.4 is 5.32 Å². The van der Waals surface area contributed by atoms with Gasteiger partial charge >= 0.3 is 12.0 Å². The third-order valence-corrected chi connectivity index (χ3v) is 4.53. The molecule has 0 saturated carbocycles. The molecule has 2 aliphatic rings. The zero-order valence-electron chi connectivity index (χ0n) is 12.9. The quantitative estimate of drug-likeness (QED) is 0.807. The van der Waals surface area contributed by atoms with E-state index in [1.54, 1.807) is 4.90 Å². The van der Waals surface area contributed by atoms with E-state index in [2.05, 4.69) is 10.2 Å². The van der Waals surface area contributed by atoms with Gasteiger partial charge in [0.1, 0.15) is 6.04 Å². The molecule has 0 spiro atoms. The maximum absolute atomic E-state index is 12.4. The molecule has 0 aromatic heterocycles. The van der Waals surface area contributed by atoms with Gasteiger partial charge in [-0.3, -0.25) is 4.90 Å². The first-order valence-electron chi connectivity index (χ1n) is 8.14. The van der Waals surface area contributed by atoms with Crippen molar-refractivity contribution in [3.63, 3.8) is 0 Å². The molecule has 2 rings (SSSR count). The Balaban J connectivity index is 1.90. The van der Waals surface area contributed by atoms with Crippen LogP contribution in [0.5, 0.6) is 0 Å². The van der Waals surface area contributed by atoms with Gasteiger partial charge in [-0.1, -0.05) is 19.8 Å². The zero-order chi connectivity index (χ0) is 15.2. The average Bonchev–Trinajstić information content (AvgIpc) is 2.79. The van der Waals surface area contributed by atoms with Crippen LogP contribution in [0.2, 0.25) is 0 Å². The van der Waals surface area contributed by atoms with Crippen LogP contribution in [0.15, 0.2) is 0 Å². The summed E-state index contributed by atoms with van der Waals surface area (Å²) in [7, 11) is 0. The number of nitrogens with one attached hydrogen (secondary N) is 1. The van der Waals surface area contributed by atoms with Gasteiger partial charge in [0.25, 0.3) is 0 Å². The minimum atomic E-state index is -0.936. The van der Waals surface area contributed by atoms with Gasteiger partial charge in [-0.25, -0.2) is 9.59 Å². The highest BCUT2D eigenvalue weighted by Gasteiger charge is 2.31. The molecule has 0 aromatic rings. The maximum atomic E-state index is 12.4. The molecule has 2 amide bonds. The molecule has 2 aliphatic heterocycles. The number of rotatable bonds is 5. The summed E-state index contributed by atoms with van der Waals surface area (Å²) in [5.41, 5.74) is 0. The van der Waals surface area contributed by atoms with Crippen molar-refractivity contribution in [1.82, 2.24) is 15.1 Å². The molecule has 21 heavy (non-hydrogen) atoms. The third-order valence-electron chi connectivity index (χ3n) is 4.53. The number of hydrogen-bond acceptors (Lipinski definition) is 3. The van der Waals surface area contributed by atoms with Gasteiger partial charge in [0.05, 0.1) is 0 Å². The van der Waals surface area contributed by atoms with Crippen molar-refractivity contribution in [2.45, 2.75) is 57.5 Å². The Labute approximate surface area is 126 Å². The lowest BCUT2D eigenvalue weighted by molar-refractivity contribution is -0.139. The van der Waals surface area contributed by atoms with E-state index in [0.717, 1.165) is 51.9 Å². The normalized spacial score (nSPS) is 24.2. The molecule has 6 nitrogen and oxygen atoms in total. The minimum Gasteiger partial charge on any atom is -0.480 e. The van der Waals surface area contributed by atoms with E-state index in [4.69, 9.17) is 0 Å². The Morgan fingerprint density at radius 2 is 2.05 bits per heavy atom. The van der Waals surface area contributed by atoms with Crippen molar-refractivity contribution in [3.05, 3.63) is 0 Å². The van der Waals surface area contributed by atoms with Crippen LogP contribution in [0.1, 0.15) is 45.4 Å². The number of nitrogens with zero attached hydrogens (tertiary/aromatic N) is 2. The van der Waals surface area contributed by atoms with Crippen molar-refractivity contribution >= 4 is 12.0 Å². The highest BCUT2D eigenvalue weighted by molar-refractivity contribution is 5.82. The molecule has 2 heterocycles. The Hall–Kier alpha value is -1.30. The lowest BCUT2D eigenvalue weighted by Crippen LogP contribution is -2.50. The number of unbranched alkanes of at least 4 members (excludes halogenated alkanes) is 1. The van der Waals surface area contributed by atoms with Crippen molar-refractivity contribution in [1.29, 1.82) is 0 Å². The van der Waals surface area contributed by atoms with Gasteiger partial charge in [-0.15, -0.1) is 0 Å². The van der Waals surface area contributed by atoms with Gasteiger partial charge in [0, 0.05) is 25.7 Å². The smallest absolute Gasteiger partial charge is 0.326 e. The standard InChI is InChI=1S/C15H27N3O3/c1-2-3-7-13(14(19)20)16-15(21)18-10-5-9-17-8-4-6-12(17)11-18/h12-13H,2-11H2,1H3,(H,16,21)(H,19,20). The number of hydrogen-bond donors (Lipinski definition) is 2. The predicted molar refractivity (Wildman–Crippen MR) is 80.3 cm³/mol. The maximum Gasteiger partial charge on any atom is 0.326 e. The van der Waals surface area contributed by atoms with E-state index in [1.807, 2.05) is 6.92 Å². The highest BCUT2D eigenvalue weighted by atomic mass is 16.4. The second-order valence-corrected chi connectivity index (χ2v) is 6.11. The number of fused-ring (bicyclic) bond motifs is 1. The summed E-state index contributed by atoms with van der Waals surface area (Å²) in [6, 6.07) is -0.523. The minimum absolute atomic E-state index is 0.216. The summed E-state index contributed by atoms with van der Waals surface area (Å²) in [6.07, 6.45) is 5.56. The Kier molecular flexibility index (Phi) is 5.85. The predicted octanol–water partition coefficient (Wildman–Crippen LogP) is 1.51. The van der Waals surface area contributed by atoms with Crippen molar-refractivity contribution in [2.24, 2.45) is 0 Å². The molecule has 120 valence electrons. The van der Waals surface area contributed by atoms with Crippen molar-refractivity contribution < 1.29 is 14.7 Å². The topological polar surface area (TPSA) is 72.9 Å². The third kappa shape index (κ3) is 4.33. The highest BCUT2D eigenvalue weighted by Crippen LogP contribution is 2.21. The summed E-state index contributed by atoms with van der Waals surface area (Å²) in [6.45, 7) is 5.65. The number of aliphatic carboxylic acids is 1. The van der Waals surface area contributed by atoms with Crippen LogP contribution in [0.4, 0.5) is 4.79 Å². The molecule has 0 radical (unpaired) electrons. The van der Waals surface area contributed by atoms with Gasteiger partial charge in [0.15, 0.2) is 0 Å². The number of urea groups is 1. The molecule has 6 heteroatoms. The fourth-order valence-corrected chi connectivity index (χ4v) is 3.30. The molecular weight excluding hydrogens is 270 g/mol. The Bertz CT molecular complexity index is 375. The molecular formula is C15H27N3O3. The van der Waals surface area contributed by atoms with Crippen LogP contribution >= 0.6 is 0 Å². The Morgan fingerprint density at radius 1 is 1.29 bits per heavy atom. The van der Waals surface area contributed by atoms with Crippen molar-refractivity contribution in [3.8, 4) is 0 Å². The van der Waals surface area contributed by atoms with Gasteiger partial charge in [0.2, 0.25) is 0 Å². The average molecular weight is 297 g/mol. The molecule has 2 unspecified atom stereocenters. The molecule has 0 aliphatic carbocycles. The Morgan fingerprint density at radius 3 is 2.76 bits per heavy atom. The number of carboxylic acids is 1. The molecule has 0 aromatic carbocycles. The fraction of sp³-hybridized carbons (Fsp3) is 0.867. The van der Waals surface area contributed by atoms with Crippen LogP contribution in [0.3, 0.4) is 0 Å². The van der Waals surface area contributed by atoms with E-state index in [1.165, 1.54) is 6.42 Å². The first-order chi connectivity index (χ1) is 10.1. The van der Waals surface area contributed by atoms with Gasteiger partial charge in [-0.05, 0) is 32.2 Å². The van der Waals surface area contributed by atoms with Crippen LogP contribution in [0.25, 0.3) is 0 Å². The van der Waals surface area contributed by atoms with Crippen molar-refractivity contribution in [2.75, 3.05) is 26.2 Å². The summed E-state index contributed by atoms with van der Waals surface area (Å²) in [5.74, 6) is -0.936. The van der Waals surface area contributed by atoms with Gasteiger partial charge < -0.3 is 15.3 Å². The first kappa shape index (κ1) is 16.1. The van der Waals surface area contributed by atoms with E-state index >= 15 is 0 Å². The molecule has 2 fully saturated rings. The largest absolute Gasteiger partial charge is 0.480 e. The SMILES string of the molecule is CCCCC(NC(=O)N1CCCN2CCCC2C1)C(=O)O. The fourth-order valence-electron chi connectivity index (χ4n) is 3.30. The number of carboxylic acid groups (broad SMARTS) is 1. The van der Waals surface area contributed by atoms with Gasteiger partial charge in [-0.2, -0.15) is 0 Å². The van der Waals surface area contributed by atoms with E-state index in [0.29, 0.717) is 12.5 Å². The summed E-state index contributed by atoms with van der Waals surface area (Å²) in [4.78, 5) is 27.8. The lowest BCUT2D eigenvalue weighted by Gasteiger charge is -2.27. The monoisotopic (exact) mass is 297 g/mol. The number of carbonyl (C=O) groups excluding carboxylic acids is 1. The van der Waals surface area contributed by atoms with E-state index in [9.17, 15) is 14.7 Å². The van der Waals surface area contributed by atoms with E-state index < -0.39 is 12.0 Å². The van der Waals surface area contributed by atoms with Crippen LogP contribution in [-0.2, 0) is 4.79 Å². The summed E-state index contributed by atoms with van der Waals surface area (Å²) in [5, 5.41) is 11.9. The number of amides is 2.